The van der Waals surface area contributed by atoms with E-state index in [9.17, 15) is 9.59 Å². The van der Waals surface area contributed by atoms with E-state index in [0.29, 0.717) is 5.69 Å². The number of para-hydroxylation sites is 1. The Balaban J connectivity index is 1.78. The Bertz CT molecular complexity index is 680. The number of hydrogen-bond donors (Lipinski definition) is 2. The van der Waals surface area contributed by atoms with Crippen LogP contribution in [-0.4, -0.2) is 18.0 Å². The minimum absolute atomic E-state index is 0.551. The molecule has 0 saturated heterocycles. The van der Waals surface area contributed by atoms with E-state index in [1.54, 1.807) is 30.3 Å². The fraction of sp³-hybridized carbons (Fsp3) is 0. The first-order chi connectivity index (χ1) is 10.8. The zero-order chi connectivity index (χ0) is 15.6. The lowest BCUT2D eigenvalue weighted by Gasteiger charge is -2.02. The molecule has 0 saturated carbocycles. The van der Waals surface area contributed by atoms with Crippen molar-refractivity contribution in [3.8, 4) is 0 Å². The van der Waals surface area contributed by atoms with Gasteiger partial charge in [-0.2, -0.15) is 5.10 Å². The fourth-order valence-corrected chi connectivity index (χ4v) is 1.62. The van der Waals surface area contributed by atoms with Gasteiger partial charge in [-0.25, -0.2) is 5.43 Å². The Labute approximate surface area is 128 Å². The van der Waals surface area contributed by atoms with E-state index >= 15 is 0 Å². The lowest BCUT2D eigenvalue weighted by molar-refractivity contribution is -0.136. The summed E-state index contributed by atoms with van der Waals surface area (Å²) in [5.74, 6) is -1.59. The van der Waals surface area contributed by atoms with Crippen LogP contribution in [0, 0.1) is 0 Å². The molecule has 22 heavy (non-hydrogen) atoms. The molecule has 2 rings (SSSR count). The van der Waals surface area contributed by atoms with Gasteiger partial charge in [0.05, 0.1) is 0 Å². The van der Waals surface area contributed by atoms with Crippen LogP contribution in [0.1, 0.15) is 5.56 Å². The van der Waals surface area contributed by atoms with E-state index in [4.69, 9.17) is 0 Å². The molecule has 2 amide bonds. The van der Waals surface area contributed by atoms with Gasteiger partial charge in [0, 0.05) is 11.9 Å². The molecule has 2 aromatic carbocycles. The summed E-state index contributed by atoms with van der Waals surface area (Å²) in [5, 5.41) is 6.14. The molecule has 0 atom stereocenters. The summed E-state index contributed by atoms with van der Waals surface area (Å²) in [7, 11) is 0. The van der Waals surface area contributed by atoms with Gasteiger partial charge in [-0.1, -0.05) is 54.6 Å². The Hall–Kier alpha value is -3.21. The van der Waals surface area contributed by atoms with Crippen LogP contribution in [0.3, 0.4) is 0 Å². The average molecular weight is 293 g/mol. The second-order valence-electron chi connectivity index (χ2n) is 4.31. The van der Waals surface area contributed by atoms with E-state index in [-0.39, 0.29) is 0 Å². The lowest BCUT2D eigenvalue weighted by Crippen LogP contribution is -2.32. The number of carbonyl (C=O) groups is 2. The van der Waals surface area contributed by atoms with Gasteiger partial charge < -0.3 is 5.32 Å². The van der Waals surface area contributed by atoms with Crippen molar-refractivity contribution in [2.45, 2.75) is 0 Å². The normalized spacial score (nSPS) is 10.7. The molecular weight excluding hydrogens is 278 g/mol. The molecule has 0 aliphatic heterocycles. The molecule has 0 aliphatic rings. The molecule has 0 heterocycles. The predicted octanol–water partition coefficient (Wildman–Crippen LogP) is 2.44. The van der Waals surface area contributed by atoms with Crippen LogP contribution >= 0.6 is 0 Å². The maximum Gasteiger partial charge on any atom is 0.329 e. The van der Waals surface area contributed by atoms with Gasteiger partial charge in [-0.15, -0.1) is 0 Å². The zero-order valence-corrected chi connectivity index (χ0v) is 11.8. The molecule has 0 fully saturated rings. The lowest BCUT2D eigenvalue weighted by atomic mass is 10.2. The van der Waals surface area contributed by atoms with Crippen LogP contribution in [-0.2, 0) is 9.59 Å². The predicted molar refractivity (Wildman–Crippen MR) is 87.2 cm³/mol. The van der Waals surface area contributed by atoms with Crippen molar-refractivity contribution < 1.29 is 9.59 Å². The number of allylic oxidation sites excluding steroid dienone is 1. The minimum Gasteiger partial charge on any atom is -0.318 e. The smallest absolute Gasteiger partial charge is 0.318 e. The second kappa shape index (κ2) is 8.16. The topological polar surface area (TPSA) is 70.6 Å². The molecule has 110 valence electrons. The SMILES string of the molecule is O=C(NN=CC=Cc1ccccc1)C(=O)Nc1ccccc1. The Morgan fingerprint density at radius 3 is 2.18 bits per heavy atom. The summed E-state index contributed by atoms with van der Waals surface area (Å²) in [5.41, 5.74) is 3.72. The molecule has 0 spiro atoms. The maximum absolute atomic E-state index is 11.6. The van der Waals surface area contributed by atoms with Crippen LogP contribution in [0.5, 0.6) is 0 Å². The Morgan fingerprint density at radius 1 is 0.864 bits per heavy atom. The Morgan fingerprint density at radius 2 is 1.50 bits per heavy atom. The van der Waals surface area contributed by atoms with Gasteiger partial charge in [0.1, 0.15) is 0 Å². The summed E-state index contributed by atoms with van der Waals surface area (Å²) in [4.78, 5) is 23.1. The first kappa shape index (κ1) is 15.2. The maximum atomic E-state index is 11.6. The number of hydrogen-bond acceptors (Lipinski definition) is 3. The first-order valence-electron chi connectivity index (χ1n) is 6.67. The van der Waals surface area contributed by atoms with Gasteiger partial charge in [-0.05, 0) is 23.8 Å². The van der Waals surface area contributed by atoms with E-state index in [2.05, 4.69) is 15.8 Å². The second-order valence-corrected chi connectivity index (χ2v) is 4.31. The van der Waals surface area contributed by atoms with Crippen molar-refractivity contribution in [3.05, 3.63) is 72.3 Å². The highest BCUT2D eigenvalue weighted by Crippen LogP contribution is 2.04. The van der Waals surface area contributed by atoms with Gasteiger partial charge >= 0.3 is 11.8 Å². The quantitative estimate of drug-likeness (QED) is 0.516. The molecule has 5 nitrogen and oxygen atoms in total. The third-order valence-electron chi connectivity index (χ3n) is 2.65. The highest BCUT2D eigenvalue weighted by Gasteiger charge is 2.11. The van der Waals surface area contributed by atoms with Gasteiger partial charge in [0.2, 0.25) is 0 Å². The summed E-state index contributed by atoms with van der Waals surface area (Å²) in [6.07, 6.45) is 4.91. The van der Waals surface area contributed by atoms with Crippen molar-refractivity contribution in [2.24, 2.45) is 5.10 Å². The molecule has 2 aromatic rings. The number of nitrogens with zero attached hydrogens (tertiary/aromatic N) is 1. The number of nitrogens with one attached hydrogen (secondary N) is 2. The van der Waals surface area contributed by atoms with Gasteiger partial charge in [0.25, 0.3) is 0 Å². The first-order valence-corrected chi connectivity index (χ1v) is 6.67. The summed E-state index contributed by atoms with van der Waals surface area (Å²) < 4.78 is 0. The molecular formula is C17H15N3O2. The van der Waals surface area contributed by atoms with Crippen molar-refractivity contribution >= 4 is 29.8 Å². The van der Waals surface area contributed by atoms with Crippen LogP contribution in [0.4, 0.5) is 5.69 Å². The highest BCUT2D eigenvalue weighted by atomic mass is 16.2. The van der Waals surface area contributed by atoms with Crippen molar-refractivity contribution in [1.82, 2.24) is 5.43 Å². The third kappa shape index (κ3) is 5.05. The number of benzene rings is 2. The molecule has 0 aromatic heterocycles. The van der Waals surface area contributed by atoms with Crippen LogP contribution in [0.15, 0.2) is 71.8 Å². The summed E-state index contributed by atoms with van der Waals surface area (Å²) in [6.45, 7) is 0. The Kier molecular flexibility index (Phi) is 5.63. The van der Waals surface area contributed by atoms with E-state index in [0.717, 1.165) is 5.56 Å². The molecule has 0 radical (unpaired) electrons. The largest absolute Gasteiger partial charge is 0.329 e. The monoisotopic (exact) mass is 293 g/mol. The molecule has 2 N–H and O–H groups in total. The number of hydrazone groups is 1. The van der Waals surface area contributed by atoms with Crippen LogP contribution in [0.2, 0.25) is 0 Å². The minimum atomic E-state index is -0.826. The molecule has 0 aliphatic carbocycles. The number of anilines is 1. The average Bonchev–Trinajstić information content (AvgIpc) is 2.56. The van der Waals surface area contributed by atoms with E-state index in [1.807, 2.05) is 42.5 Å². The molecule has 0 unspecified atom stereocenters. The number of rotatable bonds is 4. The van der Waals surface area contributed by atoms with Gasteiger partial charge in [-0.3, -0.25) is 9.59 Å². The highest BCUT2D eigenvalue weighted by molar-refractivity contribution is 6.39. The fourth-order valence-electron chi connectivity index (χ4n) is 1.62. The van der Waals surface area contributed by atoms with E-state index < -0.39 is 11.8 Å². The summed E-state index contributed by atoms with van der Waals surface area (Å²) >= 11 is 0. The van der Waals surface area contributed by atoms with Crippen LogP contribution in [0.25, 0.3) is 6.08 Å². The van der Waals surface area contributed by atoms with Crippen molar-refractivity contribution in [1.29, 1.82) is 0 Å². The number of amides is 2. The summed E-state index contributed by atoms with van der Waals surface area (Å²) in [6, 6.07) is 18.4. The van der Waals surface area contributed by atoms with E-state index in [1.165, 1.54) is 6.21 Å². The number of carbonyl (C=O) groups excluding carboxylic acids is 2. The van der Waals surface area contributed by atoms with Crippen LogP contribution < -0.4 is 10.7 Å². The van der Waals surface area contributed by atoms with Gasteiger partial charge in [0.15, 0.2) is 0 Å². The zero-order valence-electron chi connectivity index (χ0n) is 11.8. The molecule has 5 heteroatoms. The standard InChI is InChI=1S/C17H15N3O2/c21-16(19-15-11-5-2-6-12-15)17(22)20-18-13-7-10-14-8-3-1-4-9-14/h1-13H,(H,19,21)(H,20,22). The molecule has 0 bridgehead atoms. The van der Waals surface area contributed by atoms with Crippen molar-refractivity contribution in [2.75, 3.05) is 5.32 Å². The third-order valence-corrected chi connectivity index (χ3v) is 2.65. The van der Waals surface area contributed by atoms with Crippen molar-refractivity contribution in [3.63, 3.8) is 0 Å².